The Hall–Kier alpha value is -2.41. The van der Waals surface area contributed by atoms with Crippen LogP contribution in [0.15, 0.2) is 24.3 Å². The lowest BCUT2D eigenvalue weighted by Crippen LogP contribution is -2.42. The molecule has 0 saturated carbocycles. The number of carbonyl (C=O) groups excluding carboxylic acids is 3. The number of carbonyl (C=O) groups is 3. The summed E-state index contributed by atoms with van der Waals surface area (Å²) in [6.07, 6.45) is 2.49. The van der Waals surface area contributed by atoms with Crippen molar-refractivity contribution in [2.45, 2.75) is 37.8 Å². The van der Waals surface area contributed by atoms with Crippen molar-refractivity contribution in [2.24, 2.45) is 0 Å². The average molecular weight is 331 g/mol. The number of amides is 3. The number of anilines is 1. The van der Waals surface area contributed by atoms with Gasteiger partial charge in [0.05, 0.1) is 17.4 Å². The van der Waals surface area contributed by atoms with Gasteiger partial charge in [-0.2, -0.15) is 0 Å². The van der Waals surface area contributed by atoms with Crippen LogP contribution in [-0.4, -0.2) is 43.0 Å². The van der Waals surface area contributed by atoms with Crippen molar-refractivity contribution in [3.05, 3.63) is 29.8 Å². The number of benzene rings is 1. The van der Waals surface area contributed by atoms with E-state index in [1.807, 2.05) is 0 Å². The fourth-order valence-electron chi connectivity index (χ4n) is 2.91. The highest BCUT2D eigenvalue weighted by Crippen LogP contribution is 2.19. The molecule has 2 aliphatic rings. The summed E-state index contributed by atoms with van der Waals surface area (Å²) < 4.78 is 5.45. The quantitative estimate of drug-likeness (QED) is 0.744. The summed E-state index contributed by atoms with van der Waals surface area (Å²) in [4.78, 5) is 36.3. The van der Waals surface area contributed by atoms with E-state index in [-0.39, 0.29) is 36.7 Å². The lowest BCUT2D eigenvalue weighted by Gasteiger charge is -2.15. The number of fused-ring (bicyclic) bond motifs is 1. The smallest absolute Gasteiger partial charge is 0.254 e. The molecular formula is C17H21N3O4. The van der Waals surface area contributed by atoms with Crippen LogP contribution in [0.1, 0.15) is 36.0 Å². The molecule has 0 bridgehead atoms. The Kier molecular flexibility index (Phi) is 5.10. The van der Waals surface area contributed by atoms with Crippen molar-refractivity contribution < 1.29 is 19.1 Å². The molecule has 1 fully saturated rings. The predicted octanol–water partition coefficient (Wildman–Crippen LogP) is 0.812. The molecule has 1 aromatic rings. The highest BCUT2D eigenvalue weighted by Gasteiger charge is 2.28. The number of nitrogens with one attached hydrogen (secondary N) is 3. The number of hydrogen-bond acceptors (Lipinski definition) is 4. The fourth-order valence-corrected chi connectivity index (χ4v) is 2.91. The molecule has 0 aliphatic carbocycles. The van der Waals surface area contributed by atoms with Crippen LogP contribution < -0.4 is 16.0 Å². The summed E-state index contributed by atoms with van der Waals surface area (Å²) in [5.74, 6) is -0.761. The lowest BCUT2D eigenvalue weighted by molar-refractivity contribution is -0.122. The largest absolute Gasteiger partial charge is 0.376 e. The monoisotopic (exact) mass is 331 g/mol. The summed E-state index contributed by atoms with van der Waals surface area (Å²) in [6.45, 7) is 1.24. The molecule has 128 valence electrons. The van der Waals surface area contributed by atoms with Crippen LogP contribution in [0.4, 0.5) is 5.69 Å². The highest BCUT2D eigenvalue weighted by atomic mass is 16.5. The Morgan fingerprint density at radius 3 is 2.92 bits per heavy atom. The molecule has 0 unspecified atom stereocenters. The van der Waals surface area contributed by atoms with E-state index in [2.05, 4.69) is 16.0 Å². The van der Waals surface area contributed by atoms with Gasteiger partial charge < -0.3 is 20.7 Å². The van der Waals surface area contributed by atoms with E-state index < -0.39 is 6.04 Å². The van der Waals surface area contributed by atoms with Crippen molar-refractivity contribution >= 4 is 23.4 Å². The Morgan fingerprint density at radius 1 is 1.29 bits per heavy atom. The Bertz CT molecular complexity index is 640. The third kappa shape index (κ3) is 3.91. The second-order valence-corrected chi connectivity index (χ2v) is 6.04. The molecule has 24 heavy (non-hydrogen) atoms. The van der Waals surface area contributed by atoms with E-state index in [4.69, 9.17) is 4.74 Å². The SMILES string of the molecule is O=C(CC[C@@H]1NC(=O)c2ccccc2NC1=O)NC[C@H]1CCCO1. The Balaban J connectivity index is 1.51. The normalized spacial score (nSPS) is 23.0. The van der Waals surface area contributed by atoms with Crippen LogP contribution in [0.2, 0.25) is 0 Å². The van der Waals surface area contributed by atoms with Gasteiger partial charge in [-0.15, -0.1) is 0 Å². The predicted molar refractivity (Wildman–Crippen MR) is 87.5 cm³/mol. The summed E-state index contributed by atoms with van der Waals surface area (Å²) in [6, 6.07) is 6.11. The summed E-state index contributed by atoms with van der Waals surface area (Å²) in [5.41, 5.74) is 0.918. The molecule has 3 amide bonds. The van der Waals surface area contributed by atoms with E-state index in [0.29, 0.717) is 17.8 Å². The number of rotatable bonds is 5. The molecule has 7 nitrogen and oxygen atoms in total. The topological polar surface area (TPSA) is 96.5 Å². The minimum atomic E-state index is -0.724. The zero-order chi connectivity index (χ0) is 16.9. The molecule has 1 aromatic carbocycles. The van der Waals surface area contributed by atoms with Crippen LogP contribution in [0.25, 0.3) is 0 Å². The van der Waals surface area contributed by atoms with E-state index in [1.54, 1.807) is 24.3 Å². The molecule has 2 atom stereocenters. The first kappa shape index (κ1) is 16.4. The fraction of sp³-hybridized carbons (Fsp3) is 0.471. The van der Waals surface area contributed by atoms with Crippen molar-refractivity contribution in [2.75, 3.05) is 18.5 Å². The van der Waals surface area contributed by atoms with Crippen LogP contribution in [0.5, 0.6) is 0 Å². The van der Waals surface area contributed by atoms with Crippen molar-refractivity contribution in [3.8, 4) is 0 Å². The Morgan fingerprint density at radius 2 is 2.12 bits per heavy atom. The van der Waals surface area contributed by atoms with Crippen LogP contribution in [0, 0.1) is 0 Å². The summed E-state index contributed by atoms with van der Waals surface area (Å²) in [5, 5.41) is 8.23. The second kappa shape index (κ2) is 7.44. The molecule has 0 radical (unpaired) electrons. The van der Waals surface area contributed by atoms with Crippen molar-refractivity contribution in [1.29, 1.82) is 0 Å². The highest BCUT2D eigenvalue weighted by molar-refractivity contribution is 6.09. The van der Waals surface area contributed by atoms with Crippen molar-refractivity contribution in [1.82, 2.24) is 10.6 Å². The van der Waals surface area contributed by atoms with Gasteiger partial charge in [0, 0.05) is 19.6 Å². The van der Waals surface area contributed by atoms with Gasteiger partial charge >= 0.3 is 0 Å². The zero-order valence-corrected chi connectivity index (χ0v) is 13.3. The minimum absolute atomic E-state index is 0.0873. The van der Waals surface area contributed by atoms with Crippen molar-refractivity contribution in [3.63, 3.8) is 0 Å². The van der Waals surface area contributed by atoms with Gasteiger partial charge in [-0.1, -0.05) is 12.1 Å². The van der Waals surface area contributed by atoms with Crippen LogP contribution in [0.3, 0.4) is 0 Å². The molecule has 1 saturated heterocycles. The van der Waals surface area contributed by atoms with Crippen LogP contribution >= 0.6 is 0 Å². The average Bonchev–Trinajstić information content (AvgIpc) is 3.06. The van der Waals surface area contributed by atoms with E-state index >= 15 is 0 Å². The zero-order valence-electron chi connectivity index (χ0n) is 13.3. The maximum absolute atomic E-state index is 12.2. The first-order valence-corrected chi connectivity index (χ1v) is 8.22. The first-order chi connectivity index (χ1) is 11.6. The Labute approximate surface area is 140 Å². The summed E-state index contributed by atoms with van der Waals surface area (Å²) in [7, 11) is 0. The number of ether oxygens (including phenoxy) is 1. The van der Waals surface area contributed by atoms with Gasteiger partial charge in [0.2, 0.25) is 11.8 Å². The van der Waals surface area contributed by atoms with Gasteiger partial charge in [-0.3, -0.25) is 14.4 Å². The van der Waals surface area contributed by atoms with E-state index in [0.717, 1.165) is 19.4 Å². The van der Waals surface area contributed by atoms with Gasteiger partial charge in [-0.05, 0) is 31.4 Å². The van der Waals surface area contributed by atoms with Gasteiger partial charge in [0.15, 0.2) is 0 Å². The first-order valence-electron chi connectivity index (χ1n) is 8.22. The maximum atomic E-state index is 12.2. The van der Waals surface area contributed by atoms with Gasteiger partial charge in [0.1, 0.15) is 6.04 Å². The molecule has 2 aliphatic heterocycles. The van der Waals surface area contributed by atoms with Gasteiger partial charge in [0.25, 0.3) is 5.91 Å². The molecule has 3 rings (SSSR count). The third-order valence-electron chi connectivity index (χ3n) is 4.26. The minimum Gasteiger partial charge on any atom is -0.376 e. The number of para-hydroxylation sites is 1. The lowest BCUT2D eigenvalue weighted by atomic mass is 10.1. The molecule has 2 heterocycles. The molecule has 3 N–H and O–H groups in total. The van der Waals surface area contributed by atoms with Gasteiger partial charge in [-0.25, -0.2) is 0 Å². The van der Waals surface area contributed by atoms with E-state index in [1.165, 1.54) is 0 Å². The molecule has 0 spiro atoms. The third-order valence-corrected chi connectivity index (χ3v) is 4.26. The van der Waals surface area contributed by atoms with Crippen LogP contribution in [-0.2, 0) is 14.3 Å². The van der Waals surface area contributed by atoms with E-state index in [9.17, 15) is 14.4 Å². The number of hydrogen-bond donors (Lipinski definition) is 3. The molecule has 7 heteroatoms. The second-order valence-electron chi connectivity index (χ2n) is 6.04. The summed E-state index contributed by atoms with van der Waals surface area (Å²) >= 11 is 0. The molecular weight excluding hydrogens is 310 g/mol. The standard InChI is InChI=1S/C17H21N3O4/c21-15(18-10-11-4-3-9-24-11)8-7-14-17(23)19-13-6-2-1-5-12(13)16(22)20-14/h1-2,5-6,11,14H,3-4,7-10H2,(H,18,21)(H,19,23)(H,20,22)/t11-,14+/m1/s1. The molecule has 0 aromatic heterocycles. The maximum Gasteiger partial charge on any atom is 0.254 e.